The van der Waals surface area contributed by atoms with Gasteiger partial charge in [-0.3, -0.25) is 9.59 Å². The Morgan fingerprint density at radius 2 is 1.00 bits per heavy atom. The molecule has 0 fully saturated rings. The van der Waals surface area contributed by atoms with Crippen molar-refractivity contribution < 1.29 is 40.2 Å². The van der Waals surface area contributed by atoms with Gasteiger partial charge in [0.05, 0.1) is 0 Å². The lowest BCUT2D eigenvalue weighted by Crippen LogP contribution is -2.15. The van der Waals surface area contributed by atoms with Gasteiger partial charge in [-0.2, -0.15) is 0 Å². The minimum absolute atomic E-state index is 0.0219. The van der Waals surface area contributed by atoms with Crippen molar-refractivity contribution in [2.24, 2.45) is 17.8 Å². The molecule has 0 amide bonds. The van der Waals surface area contributed by atoms with Gasteiger partial charge in [-0.25, -0.2) is 0 Å². The number of phenolic OH excluding ortho intramolecular Hbond substituents is 6. The molecule has 0 bridgehead atoms. The molecule has 0 aliphatic rings. The number of benzene rings is 2. The highest BCUT2D eigenvalue weighted by atomic mass is 16.3. The predicted octanol–water partition coefficient (Wildman–Crippen LogP) is 9.35. The van der Waals surface area contributed by atoms with Crippen molar-refractivity contribution in [1.29, 1.82) is 0 Å². The standard InChI is InChI=1S/C39H56O8/c1-11-24(10)33(41)31-37(45)27(19-17-22(6)7)35(43)29(39(31)47)25(15-13-12-14-20(2)3)28-34(42)26(18-16-21(4)5)36(44)30(38(28)46)32(40)23(8)9/h16-17,20,23-25,42-47H,11-15,18-19H2,1-10H3. The van der Waals surface area contributed by atoms with Gasteiger partial charge in [0.15, 0.2) is 11.6 Å². The smallest absolute Gasteiger partial charge is 0.173 e. The zero-order valence-corrected chi connectivity index (χ0v) is 29.9. The second-order valence-corrected chi connectivity index (χ2v) is 14.0. The lowest BCUT2D eigenvalue weighted by Gasteiger charge is -2.28. The topological polar surface area (TPSA) is 156 Å². The van der Waals surface area contributed by atoms with Crippen LogP contribution in [0.25, 0.3) is 0 Å². The molecule has 0 radical (unpaired) electrons. The van der Waals surface area contributed by atoms with E-state index in [9.17, 15) is 40.2 Å². The van der Waals surface area contributed by atoms with Crippen LogP contribution in [0.15, 0.2) is 23.3 Å². The summed E-state index contributed by atoms with van der Waals surface area (Å²) in [5, 5.41) is 70.0. The SMILES string of the molecule is CCC(C)C(=O)c1c(O)c(CC=C(C)C)c(O)c(C(CCCCC(C)C)c2c(O)c(CC=C(C)C)c(O)c(C(=O)C(C)C)c2O)c1O. The number of carbonyl (C=O) groups excluding carboxylic acids is 2. The lowest BCUT2D eigenvalue weighted by molar-refractivity contribution is 0.0917. The summed E-state index contributed by atoms with van der Waals surface area (Å²) in [5.74, 6) is -6.26. The van der Waals surface area contributed by atoms with Crippen LogP contribution in [0.2, 0.25) is 0 Å². The highest BCUT2D eigenvalue weighted by Gasteiger charge is 2.38. The fraction of sp³-hybridized carbons (Fsp3) is 0.538. The molecule has 2 aromatic carbocycles. The van der Waals surface area contributed by atoms with E-state index in [1.165, 1.54) is 0 Å². The van der Waals surface area contributed by atoms with Gasteiger partial charge in [0, 0.05) is 40.0 Å². The molecule has 47 heavy (non-hydrogen) atoms. The Labute approximate surface area is 280 Å². The van der Waals surface area contributed by atoms with E-state index in [-0.39, 0.29) is 52.6 Å². The van der Waals surface area contributed by atoms with Crippen molar-refractivity contribution in [3.63, 3.8) is 0 Å². The van der Waals surface area contributed by atoms with Crippen molar-refractivity contribution in [1.82, 2.24) is 0 Å². The number of hydrogen-bond acceptors (Lipinski definition) is 8. The molecular weight excluding hydrogens is 596 g/mol. The van der Waals surface area contributed by atoms with E-state index in [4.69, 9.17) is 0 Å². The van der Waals surface area contributed by atoms with Crippen LogP contribution in [-0.2, 0) is 12.8 Å². The van der Waals surface area contributed by atoms with E-state index in [0.717, 1.165) is 24.0 Å². The Kier molecular flexibility index (Phi) is 14.0. The first-order valence-electron chi connectivity index (χ1n) is 16.8. The van der Waals surface area contributed by atoms with E-state index in [1.54, 1.807) is 32.9 Å². The number of aromatic hydroxyl groups is 6. The van der Waals surface area contributed by atoms with Gasteiger partial charge in [-0.1, -0.05) is 84.1 Å². The van der Waals surface area contributed by atoms with Crippen LogP contribution in [0.3, 0.4) is 0 Å². The highest BCUT2D eigenvalue weighted by Crippen LogP contribution is 2.55. The zero-order valence-electron chi connectivity index (χ0n) is 29.9. The van der Waals surface area contributed by atoms with Crippen LogP contribution >= 0.6 is 0 Å². The quantitative estimate of drug-likeness (QED) is 0.0595. The maximum atomic E-state index is 13.7. The summed E-state index contributed by atoms with van der Waals surface area (Å²) in [4.78, 5) is 27.1. The van der Waals surface area contributed by atoms with Crippen LogP contribution in [-0.4, -0.2) is 42.2 Å². The summed E-state index contributed by atoms with van der Waals surface area (Å²) in [6.45, 7) is 18.4. The van der Waals surface area contributed by atoms with Crippen molar-refractivity contribution in [3.8, 4) is 34.5 Å². The third kappa shape index (κ3) is 8.91. The molecule has 0 aromatic heterocycles. The number of Topliss-reactive ketones (excluding diaryl/α,β-unsaturated/α-hetero) is 2. The molecule has 8 heteroatoms. The van der Waals surface area contributed by atoms with E-state index in [2.05, 4.69) is 13.8 Å². The van der Waals surface area contributed by atoms with E-state index < -0.39 is 63.8 Å². The molecule has 2 atom stereocenters. The van der Waals surface area contributed by atoms with Crippen LogP contribution in [0.1, 0.15) is 150 Å². The number of unbranched alkanes of at least 4 members (excludes halogenated alkanes) is 1. The van der Waals surface area contributed by atoms with Crippen molar-refractivity contribution in [2.45, 2.75) is 120 Å². The van der Waals surface area contributed by atoms with E-state index in [0.29, 0.717) is 18.8 Å². The van der Waals surface area contributed by atoms with Gasteiger partial charge in [-0.15, -0.1) is 0 Å². The van der Waals surface area contributed by atoms with Crippen LogP contribution in [0.4, 0.5) is 0 Å². The van der Waals surface area contributed by atoms with Gasteiger partial charge >= 0.3 is 0 Å². The van der Waals surface area contributed by atoms with Gasteiger partial charge in [0.25, 0.3) is 0 Å². The number of hydrogen-bond donors (Lipinski definition) is 6. The molecule has 2 rings (SSSR count). The average Bonchev–Trinajstić information content (AvgIpc) is 2.97. The number of carbonyl (C=O) groups is 2. The summed E-state index contributed by atoms with van der Waals surface area (Å²) in [7, 11) is 0. The molecule has 0 saturated heterocycles. The fourth-order valence-corrected chi connectivity index (χ4v) is 5.75. The predicted molar refractivity (Wildman–Crippen MR) is 187 cm³/mol. The Morgan fingerprint density at radius 1 is 0.596 bits per heavy atom. The first kappa shape index (κ1) is 39.2. The van der Waals surface area contributed by atoms with E-state index >= 15 is 0 Å². The molecule has 0 saturated carbocycles. The van der Waals surface area contributed by atoms with Crippen LogP contribution < -0.4 is 0 Å². The molecular formula is C39H56O8. The second kappa shape index (κ2) is 16.8. The minimum atomic E-state index is -1.12. The first-order valence-corrected chi connectivity index (χ1v) is 16.8. The molecule has 0 heterocycles. The monoisotopic (exact) mass is 652 g/mol. The Bertz CT molecular complexity index is 1520. The van der Waals surface area contributed by atoms with Crippen molar-refractivity contribution >= 4 is 11.6 Å². The summed E-state index contributed by atoms with van der Waals surface area (Å²) in [6, 6.07) is 0. The van der Waals surface area contributed by atoms with Gasteiger partial charge in [0.1, 0.15) is 45.6 Å². The summed E-state index contributed by atoms with van der Waals surface area (Å²) < 4.78 is 0. The van der Waals surface area contributed by atoms with Gasteiger partial charge in [-0.05, 0) is 59.3 Å². The van der Waals surface area contributed by atoms with Crippen LogP contribution in [0.5, 0.6) is 34.5 Å². The van der Waals surface area contributed by atoms with Crippen LogP contribution in [0, 0.1) is 17.8 Å². The summed E-state index contributed by atoms with van der Waals surface area (Å²) in [6.07, 6.45) is 6.43. The molecule has 2 aromatic rings. The molecule has 6 N–H and O–H groups in total. The Morgan fingerprint density at radius 3 is 1.36 bits per heavy atom. The lowest BCUT2D eigenvalue weighted by atomic mass is 9.78. The fourth-order valence-electron chi connectivity index (χ4n) is 5.75. The van der Waals surface area contributed by atoms with E-state index in [1.807, 2.05) is 34.6 Å². The molecule has 0 aliphatic carbocycles. The number of ketones is 2. The average molecular weight is 653 g/mol. The minimum Gasteiger partial charge on any atom is -0.507 e. The molecule has 0 spiro atoms. The number of phenols is 6. The molecule has 8 nitrogen and oxygen atoms in total. The Hall–Kier alpha value is -3.94. The third-order valence-corrected chi connectivity index (χ3v) is 8.84. The van der Waals surface area contributed by atoms with Gasteiger partial charge in [0.2, 0.25) is 0 Å². The van der Waals surface area contributed by atoms with Crippen molar-refractivity contribution in [2.75, 3.05) is 0 Å². The maximum Gasteiger partial charge on any atom is 0.173 e. The molecule has 2 unspecified atom stereocenters. The summed E-state index contributed by atoms with van der Waals surface area (Å²) in [5.41, 5.74) is 0.878. The maximum absolute atomic E-state index is 13.7. The highest BCUT2D eigenvalue weighted by molar-refractivity contribution is 6.05. The summed E-state index contributed by atoms with van der Waals surface area (Å²) >= 11 is 0. The van der Waals surface area contributed by atoms with Gasteiger partial charge < -0.3 is 30.6 Å². The largest absolute Gasteiger partial charge is 0.507 e. The Balaban J connectivity index is 3.21. The third-order valence-electron chi connectivity index (χ3n) is 8.84. The van der Waals surface area contributed by atoms with Crippen molar-refractivity contribution in [3.05, 3.63) is 56.7 Å². The molecule has 0 aliphatic heterocycles. The first-order chi connectivity index (χ1) is 21.9. The number of rotatable bonds is 16. The second-order valence-electron chi connectivity index (χ2n) is 14.0. The number of allylic oxidation sites excluding steroid dienone is 4. The normalized spacial score (nSPS) is 12.7. The zero-order chi connectivity index (χ0) is 35.9. The molecule has 260 valence electrons.